The summed E-state index contributed by atoms with van der Waals surface area (Å²) in [5.74, 6) is -0.745. The molecule has 0 saturated carbocycles. The second-order valence-corrected chi connectivity index (χ2v) is 4.41. The summed E-state index contributed by atoms with van der Waals surface area (Å²) in [5, 5.41) is 18.8. The molecular formula is C9H17NO5. The van der Waals surface area contributed by atoms with Crippen LogP contribution in [-0.4, -0.2) is 53.3 Å². The van der Waals surface area contributed by atoms with Gasteiger partial charge in [-0.25, -0.2) is 0 Å². The predicted octanol–water partition coefficient (Wildman–Crippen LogP) is -1.46. The SMILES string of the molecule is CC1(C)OC2O[C@H]([C@H](N)CO)[C@H](O)[C@H]2O1. The van der Waals surface area contributed by atoms with E-state index in [1.807, 2.05) is 0 Å². The van der Waals surface area contributed by atoms with Crippen LogP contribution in [0.4, 0.5) is 0 Å². The van der Waals surface area contributed by atoms with Crippen molar-refractivity contribution in [3.8, 4) is 0 Å². The van der Waals surface area contributed by atoms with Crippen molar-refractivity contribution in [1.29, 1.82) is 0 Å². The zero-order chi connectivity index (χ0) is 11.2. The molecule has 88 valence electrons. The van der Waals surface area contributed by atoms with E-state index >= 15 is 0 Å². The van der Waals surface area contributed by atoms with E-state index in [1.54, 1.807) is 13.8 Å². The molecular weight excluding hydrogens is 202 g/mol. The Morgan fingerprint density at radius 1 is 1.40 bits per heavy atom. The third-order valence-corrected chi connectivity index (χ3v) is 2.69. The van der Waals surface area contributed by atoms with Crippen molar-refractivity contribution in [2.24, 2.45) is 5.73 Å². The Kier molecular flexibility index (Phi) is 2.74. The van der Waals surface area contributed by atoms with Gasteiger partial charge < -0.3 is 30.2 Å². The van der Waals surface area contributed by atoms with Crippen LogP contribution >= 0.6 is 0 Å². The molecule has 2 heterocycles. The fourth-order valence-corrected chi connectivity index (χ4v) is 1.97. The molecule has 0 aromatic carbocycles. The van der Waals surface area contributed by atoms with Crippen molar-refractivity contribution in [3.63, 3.8) is 0 Å². The van der Waals surface area contributed by atoms with Crippen LogP contribution in [0.5, 0.6) is 0 Å². The number of nitrogens with two attached hydrogens (primary N) is 1. The molecule has 0 radical (unpaired) electrons. The minimum Gasteiger partial charge on any atom is -0.395 e. The average Bonchev–Trinajstić information content (AvgIpc) is 2.60. The first kappa shape index (κ1) is 11.3. The van der Waals surface area contributed by atoms with Crippen LogP contribution in [0.1, 0.15) is 13.8 Å². The summed E-state index contributed by atoms with van der Waals surface area (Å²) in [6.45, 7) is 3.26. The molecule has 15 heavy (non-hydrogen) atoms. The predicted molar refractivity (Wildman–Crippen MR) is 49.8 cm³/mol. The van der Waals surface area contributed by atoms with E-state index in [-0.39, 0.29) is 6.61 Å². The highest BCUT2D eigenvalue weighted by Gasteiger charge is 2.55. The van der Waals surface area contributed by atoms with Gasteiger partial charge in [-0.1, -0.05) is 0 Å². The van der Waals surface area contributed by atoms with Gasteiger partial charge in [-0.3, -0.25) is 0 Å². The molecule has 2 rings (SSSR count). The highest BCUT2D eigenvalue weighted by Crippen LogP contribution is 2.37. The van der Waals surface area contributed by atoms with E-state index in [0.29, 0.717) is 0 Å². The van der Waals surface area contributed by atoms with Crippen molar-refractivity contribution in [2.45, 2.75) is 50.3 Å². The Balaban J connectivity index is 2.05. The van der Waals surface area contributed by atoms with Crippen LogP contribution in [0.25, 0.3) is 0 Å². The summed E-state index contributed by atoms with van der Waals surface area (Å²) in [5.41, 5.74) is 5.59. The number of aliphatic hydroxyl groups is 2. The van der Waals surface area contributed by atoms with Crippen LogP contribution in [0.2, 0.25) is 0 Å². The second-order valence-electron chi connectivity index (χ2n) is 4.41. The molecule has 6 nitrogen and oxygen atoms in total. The highest BCUT2D eigenvalue weighted by atomic mass is 16.8. The molecule has 0 aliphatic carbocycles. The number of aliphatic hydroxyl groups excluding tert-OH is 2. The van der Waals surface area contributed by atoms with Crippen molar-refractivity contribution in [2.75, 3.05) is 6.61 Å². The van der Waals surface area contributed by atoms with Crippen LogP contribution in [-0.2, 0) is 14.2 Å². The van der Waals surface area contributed by atoms with Gasteiger partial charge >= 0.3 is 0 Å². The van der Waals surface area contributed by atoms with Crippen molar-refractivity contribution >= 4 is 0 Å². The monoisotopic (exact) mass is 219 g/mol. The maximum Gasteiger partial charge on any atom is 0.190 e. The molecule has 6 heteroatoms. The quantitative estimate of drug-likeness (QED) is 0.525. The summed E-state index contributed by atoms with van der Waals surface area (Å²) in [6, 6.07) is -0.624. The number of hydrogen-bond acceptors (Lipinski definition) is 6. The van der Waals surface area contributed by atoms with Gasteiger partial charge in [0.25, 0.3) is 0 Å². The maximum absolute atomic E-state index is 9.87. The maximum atomic E-state index is 9.87. The minimum atomic E-state index is -0.862. The van der Waals surface area contributed by atoms with Gasteiger partial charge in [-0.2, -0.15) is 0 Å². The first-order valence-electron chi connectivity index (χ1n) is 5.00. The molecule has 2 saturated heterocycles. The lowest BCUT2D eigenvalue weighted by Gasteiger charge is -2.25. The summed E-state index contributed by atoms with van der Waals surface area (Å²) in [7, 11) is 0. The summed E-state index contributed by atoms with van der Waals surface area (Å²) >= 11 is 0. The zero-order valence-corrected chi connectivity index (χ0v) is 8.79. The van der Waals surface area contributed by atoms with Crippen molar-refractivity contribution in [3.05, 3.63) is 0 Å². The molecule has 0 bridgehead atoms. The van der Waals surface area contributed by atoms with Gasteiger partial charge in [0.15, 0.2) is 12.1 Å². The summed E-state index contributed by atoms with van der Waals surface area (Å²) in [4.78, 5) is 0. The molecule has 2 aliphatic rings. The van der Waals surface area contributed by atoms with E-state index in [1.165, 1.54) is 0 Å². The normalized spacial score (nSPS) is 45.4. The van der Waals surface area contributed by atoms with Gasteiger partial charge in [-0.05, 0) is 13.8 Å². The summed E-state index contributed by atoms with van der Waals surface area (Å²) in [6.07, 6.45) is -2.62. The van der Waals surface area contributed by atoms with Gasteiger partial charge in [-0.15, -0.1) is 0 Å². The van der Waals surface area contributed by atoms with Gasteiger partial charge in [0.05, 0.1) is 12.6 Å². The lowest BCUT2D eigenvalue weighted by Crippen LogP contribution is -2.46. The molecule has 2 aliphatic heterocycles. The molecule has 0 aromatic heterocycles. The molecule has 1 unspecified atom stereocenters. The molecule has 2 fully saturated rings. The van der Waals surface area contributed by atoms with E-state index < -0.39 is 36.4 Å². The molecule has 5 atom stereocenters. The van der Waals surface area contributed by atoms with Gasteiger partial charge in [0.2, 0.25) is 0 Å². The zero-order valence-electron chi connectivity index (χ0n) is 8.79. The molecule has 0 aromatic rings. The lowest BCUT2D eigenvalue weighted by atomic mass is 10.1. The molecule has 0 amide bonds. The van der Waals surface area contributed by atoms with E-state index in [4.69, 9.17) is 25.1 Å². The third kappa shape index (κ3) is 1.89. The standard InChI is InChI=1S/C9H17NO5/c1-9(2)14-7-5(12)6(4(10)3-11)13-8(7)15-9/h4-8,11-12H,3,10H2,1-2H3/t4-,5+,6-,7-,8?/m1/s1. The van der Waals surface area contributed by atoms with Crippen LogP contribution in [0, 0.1) is 0 Å². The molecule has 4 N–H and O–H groups in total. The largest absolute Gasteiger partial charge is 0.395 e. The fourth-order valence-electron chi connectivity index (χ4n) is 1.97. The highest BCUT2D eigenvalue weighted by molar-refractivity contribution is 4.96. The first-order valence-corrected chi connectivity index (χ1v) is 5.00. The number of ether oxygens (including phenoxy) is 3. The Morgan fingerprint density at radius 3 is 2.60 bits per heavy atom. The topological polar surface area (TPSA) is 94.2 Å². The Bertz CT molecular complexity index is 247. The minimum absolute atomic E-state index is 0.245. The van der Waals surface area contributed by atoms with Gasteiger partial charge in [0.1, 0.15) is 18.3 Å². The average molecular weight is 219 g/mol. The Morgan fingerprint density at radius 2 is 2.07 bits per heavy atom. The lowest BCUT2D eigenvalue weighted by molar-refractivity contribution is -0.217. The van der Waals surface area contributed by atoms with E-state index in [9.17, 15) is 5.11 Å². The van der Waals surface area contributed by atoms with Crippen LogP contribution in [0.3, 0.4) is 0 Å². The smallest absolute Gasteiger partial charge is 0.190 e. The van der Waals surface area contributed by atoms with Crippen molar-refractivity contribution in [1.82, 2.24) is 0 Å². The second kappa shape index (κ2) is 3.65. The number of fused-ring (bicyclic) bond motifs is 1. The fraction of sp³-hybridized carbons (Fsp3) is 1.00. The van der Waals surface area contributed by atoms with E-state index in [0.717, 1.165) is 0 Å². The summed E-state index contributed by atoms with van der Waals surface area (Å²) < 4.78 is 16.3. The Hall–Kier alpha value is -0.240. The number of hydrogen-bond donors (Lipinski definition) is 3. The number of rotatable bonds is 2. The Labute approximate surface area is 87.9 Å². The van der Waals surface area contributed by atoms with Crippen LogP contribution < -0.4 is 5.73 Å². The third-order valence-electron chi connectivity index (χ3n) is 2.69. The van der Waals surface area contributed by atoms with Crippen molar-refractivity contribution < 1.29 is 24.4 Å². The van der Waals surface area contributed by atoms with Crippen LogP contribution in [0.15, 0.2) is 0 Å². The van der Waals surface area contributed by atoms with Gasteiger partial charge in [0, 0.05) is 0 Å². The van der Waals surface area contributed by atoms with E-state index in [2.05, 4.69) is 0 Å². The molecule has 0 spiro atoms. The first-order chi connectivity index (χ1) is 6.94.